The first-order valence-electron chi connectivity index (χ1n) is 8.55. The number of fused-ring (bicyclic) bond motifs is 1. The highest BCUT2D eigenvalue weighted by Gasteiger charge is 2.15. The highest BCUT2D eigenvalue weighted by atomic mass is 32.2. The number of carbonyl (C=O) groups excluding carboxylic acids is 1. The summed E-state index contributed by atoms with van der Waals surface area (Å²) in [5, 5.41) is 4.65. The van der Waals surface area contributed by atoms with Crippen LogP contribution < -0.4 is 4.72 Å². The monoisotopic (exact) mass is 404 g/mol. The molecule has 0 bridgehead atoms. The molecule has 3 rings (SSSR count). The van der Waals surface area contributed by atoms with Crippen molar-refractivity contribution in [1.82, 2.24) is 9.71 Å². The Morgan fingerprint density at radius 3 is 2.70 bits per heavy atom. The molecular formula is C19H20N2O4S2. The topological polar surface area (TPSA) is 85.4 Å². The lowest BCUT2D eigenvalue weighted by molar-refractivity contribution is -0.144. The number of hydrogen-bond acceptors (Lipinski definition) is 6. The number of aromatic nitrogens is 1. The van der Waals surface area contributed by atoms with Gasteiger partial charge in [0.25, 0.3) is 0 Å². The minimum absolute atomic E-state index is 0.0226. The van der Waals surface area contributed by atoms with Gasteiger partial charge >= 0.3 is 5.97 Å². The molecule has 3 aromatic rings. The Hall–Kier alpha value is -2.29. The van der Waals surface area contributed by atoms with Crippen LogP contribution in [-0.4, -0.2) is 25.9 Å². The highest BCUT2D eigenvalue weighted by Crippen LogP contribution is 2.18. The van der Waals surface area contributed by atoms with Crippen molar-refractivity contribution in [2.45, 2.75) is 31.3 Å². The molecule has 2 aromatic carbocycles. The lowest BCUT2D eigenvalue weighted by Crippen LogP contribution is -2.26. The van der Waals surface area contributed by atoms with Crippen LogP contribution in [0.5, 0.6) is 0 Å². The molecule has 1 N–H and O–H groups in total. The van der Waals surface area contributed by atoms with Gasteiger partial charge in [-0.25, -0.2) is 18.1 Å². The zero-order valence-electron chi connectivity index (χ0n) is 14.8. The van der Waals surface area contributed by atoms with E-state index in [1.165, 1.54) is 11.3 Å². The van der Waals surface area contributed by atoms with Gasteiger partial charge in [-0.2, -0.15) is 0 Å². The van der Waals surface area contributed by atoms with Crippen molar-refractivity contribution >= 4 is 38.1 Å². The van der Waals surface area contributed by atoms with Crippen LogP contribution in [0.15, 0.2) is 52.7 Å². The number of thiazole rings is 1. The normalized spacial score (nSPS) is 11.6. The maximum atomic E-state index is 12.4. The van der Waals surface area contributed by atoms with Gasteiger partial charge < -0.3 is 4.74 Å². The Bertz CT molecular complexity index is 1040. The van der Waals surface area contributed by atoms with E-state index in [1.807, 2.05) is 36.6 Å². The van der Waals surface area contributed by atoms with Gasteiger partial charge in [-0.1, -0.05) is 37.3 Å². The number of ether oxygens (including phenoxy) is 1. The average Bonchev–Trinajstić information content (AvgIpc) is 3.14. The number of esters is 1. The number of sulfonamides is 1. The number of rotatable bonds is 8. The van der Waals surface area contributed by atoms with Crippen molar-refractivity contribution in [1.29, 1.82) is 0 Å². The fraction of sp³-hybridized carbons (Fsp3) is 0.263. The average molecular weight is 405 g/mol. The second kappa shape index (κ2) is 8.60. The third-order valence-electron chi connectivity index (χ3n) is 3.94. The summed E-state index contributed by atoms with van der Waals surface area (Å²) in [6, 6.07) is 12.5. The molecule has 27 heavy (non-hydrogen) atoms. The first-order valence-corrected chi connectivity index (χ1v) is 10.9. The van der Waals surface area contributed by atoms with Crippen LogP contribution in [0.1, 0.15) is 24.0 Å². The van der Waals surface area contributed by atoms with E-state index in [-0.39, 0.29) is 24.5 Å². The lowest BCUT2D eigenvalue weighted by atomic mass is 10.1. The van der Waals surface area contributed by atoms with Crippen molar-refractivity contribution in [2.75, 3.05) is 6.54 Å². The van der Waals surface area contributed by atoms with Crippen LogP contribution in [0, 0.1) is 0 Å². The van der Waals surface area contributed by atoms with Crippen molar-refractivity contribution < 1.29 is 17.9 Å². The molecule has 0 aliphatic rings. The van der Waals surface area contributed by atoms with Gasteiger partial charge in [-0.05, 0) is 29.3 Å². The second-order valence-corrected chi connectivity index (χ2v) is 8.61. The maximum absolute atomic E-state index is 12.4. The third-order valence-corrected chi connectivity index (χ3v) is 6.44. The summed E-state index contributed by atoms with van der Waals surface area (Å²) in [5.74, 6) is -0.470. The van der Waals surface area contributed by atoms with E-state index in [9.17, 15) is 13.2 Å². The largest absolute Gasteiger partial charge is 0.459 e. The first kappa shape index (κ1) is 19.5. The lowest BCUT2D eigenvalue weighted by Gasteiger charge is -2.08. The zero-order valence-corrected chi connectivity index (χ0v) is 16.5. The number of aryl methyl sites for hydroxylation is 1. The summed E-state index contributed by atoms with van der Waals surface area (Å²) >= 11 is 1.53. The molecule has 1 aromatic heterocycles. The Morgan fingerprint density at radius 2 is 1.96 bits per heavy atom. The smallest absolute Gasteiger partial charge is 0.307 e. The van der Waals surface area contributed by atoms with Gasteiger partial charge in [0.2, 0.25) is 10.0 Å². The molecule has 8 heteroatoms. The molecule has 0 aliphatic carbocycles. The number of carbonyl (C=O) groups is 1. The Kier molecular flexibility index (Phi) is 6.20. The van der Waals surface area contributed by atoms with Crippen LogP contribution in [-0.2, 0) is 32.6 Å². The van der Waals surface area contributed by atoms with Crippen LogP contribution >= 0.6 is 11.3 Å². The summed E-state index contributed by atoms with van der Waals surface area (Å²) < 4.78 is 32.4. The Morgan fingerprint density at radius 1 is 1.19 bits per heavy atom. The Balaban J connectivity index is 1.51. The fourth-order valence-corrected chi connectivity index (χ4v) is 4.31. The molecule has 0 unspecified atom stereocenters. The molecule has 1 heterocycles. The summed E-state index contributed by atoms with van der Waals surface area (Å²) in [4.78, 5) is 16.3. The number of nitrogens with zero attached hydrogens (tertiary/aromatic N) is 1. The van der Waals surface area contributed by atoms with Crippen LogP contribution in [0.4, 0.5) is 0 Å². The van der Waals surface area contributed by atoms with Crippen molar-refractivity contribution in [3.8, 4) is 0 Å². The number of benzene rings is 2. The molecule has 0 saturated heterocycles. The van der Waals surface area contributed by atoms with E-state index in [0.717, 1.165) is 22.2 Å². The van der Waals surface area contributed by atoms with Crippen molar-refractivity contribution in [3.63, 3.8) is 0 Å². The summed E-state index contributed by atoms with van der Waals surface area (Å²) in [7, 11) is -3.68. The van der Waals surface area contributed by atoms with Crippen LogP contribution in [0.3, 0.4) is 0 Å². The fourth-order valence-electron chi connectivity index (χ4n) is 2.51. The summed E-state index contributed by atoms with van der Waals surface area (Å²) in [6.45, 7) is 2.09. The van der Waals surface area contributed by atoms with E-state index in [2.05, 4.69) is 9.71 Å². The minimum Gasteiger partial charge on any atom is -0.459 e. The van der Waals surface area contributed by atoms with E-state index in [0.29, 0.717) is 5.69 Å². The molecule has 0 aliphatic heterocycles. The second-order valence-electron chi connectivity index (χ2n) is 5.90. The highest BCUT2D eigenvalue weighted by molar-refractivity contribution is 7.89. The van der Waals surface area contributed by atoms with E-state index in [4.69, 9.17) is 4.74 Å². The van der Waals surface area contributed by atoms with Crippen LogP contribution in [0.2, 0.25) is 0 Å². The van der Waals surface area contributed by atoms with Gasteiger partial charge in [-0.3, -0.25) is 4.79 Å². The molecule has 142 valence electrons. The van der Waals surface area contributed by atoms with Gasteiger partial charge in [-0.15, -0.1) is 11.3 Å². The third kappa shape index (κ3) is 5.12. The molecule has 0 saturated carbocycles. The molecule has 0 radical (unpaired) electrons. The van der Waals surface area contributed by atoms with E-state index >= 15 is 0 Å². The Labute approximate surface area is 162 Å². The van der Waals surface area contributed by atoms with Gasteiger partial charge in [0.05, 0.1) is 22.0 Å². The number of hydrogen-bond donors (Lipinski definition) is 1. The molecule has 0 amide bonds. The zero-order chi connectivity index (χ0) is 19.3. The standard InChI is InChI=1S/C19H20N2O4S2/c1-2-18-21-16(13-26-18)12-25-19(22)9-10-20-27(23,24)17-8-7-14-5-3-4-6-15(14)11-17/h3-8,11,13,20H,2,9-10,12H2,1H3. The SMILES string of the molecule is CCc1nc(COC(=O)CCNS(=O)(=O)c2ccc3ccccc3c2)cs1. The van der Waals surface area contributed by atoms with E-state index < -0.39 is 16.0 Å². The first-order chi connectivity index (χ1) is 13.0. The van der Waals surface area contributed by atoms with E-state index in [1.54, 1.807) is 18.2 Å². The van der Waals surface area contributed by atoms with Crippen molar-refractivity contribution in [2.24, 2.45) is 0 Å². The van der Waals surface area contributed by atoms with Gasteiger partial charge in [0.15, 0.2) is 0 Å². The van der Waals surface area contributed by atoms with Gasteiger partial charge in [0.1, 0.15) is 6.61 Å². The predicted molar refractivity (Wildman–Crippen MR) is 105 cm³/mol. The quantitative estimate of drug-likeness (QED) is 0.583. The maximum Gasteiger partial charge on any atom is 0.307 e. The molecule has 0 atom stereocenters. The van der Waals surface area contributed by atoms with Crippen LogP contribution in [0.25, 0.3) is 10.8 Å². The molecule has 0 fully saturated rings. The van der Waals surface area contributed by atoms with Crippen molar-refractivity contribution in [3.05, 3.63) is 58.5 Å². The molecule has 6 nitrogen and oxygen atoms in total. The molecule has 0 spiro atoms. The summed E-state index contributed by atoms with van der Waals surface area (Å²) in [5.41, 5.74) is 0.710. The minimum atomic E-state index is -3.68. The number of nitrogens with one attached hydrogen (secondary N) is 1. The molecular weight excluding hydrogens is 384 g/mol. The predicted octanol–water partition coefficient (Wildman–Crippen LogP) is 3.27. The van der Waals surface area contributed by atoms with Gasteiger partial charge in [0, 0.05) is 11.9 Å². The summed E-state index contributed by atoms with van der Waals surface area (Å²) in [6.07, 6.45) is 0.798.